The van der Waals surface area contributed by atoms with Crippen LogP contribution in [-0.2, 0) is 24.4 Å². The number of rotatable bonds is 7. The zero-order valence-electron chi connectivity index (χ0n) is 19.9. The quantitative estimate of drug-likeness (QED) is 0.370. The van der Waals surface area contributed by atoms with Gasteiger partial charge in [0.05, 0.1) is 56.0 Å². The highest BCUT2D eigenvalue weighted by molar-refractivity contribution is 6.04. The van der Waals surface area contributed by atoms with Crippen molar-refractivity contribution in [3.05, 3.63) is 78.0 Å². The number of ether oxygens (including phenoxy) is 1. The lowest BCUT2D eigenvalue weighted by molar-refractivity contribution is 0.0768. The van der Waals surface area contributed by atoms with Crippen LogP contribution in [0.25, 0.3) is 22.6 Å². The van der Waals surface area contributed by atoms with E-state index in [1.165, 1.54) is 12.3 Å². The van der Waals surface area contributed by atoms with Crippen molar-refractivity contribution >= 4 is 5.78 Å². The van der Waals surface area contributed by atoms with Gasteiger partial charge in [0.2, 0.25) is 0 Å². The minimum absolute atomic E-state index is 0.0733. The summed E-state index contributed by atoms with van der Waals surface area (Å²) in [6, 6.07) is 15.0. The molecule has 0 amide bonds. The number of ketones is 1. The molecule has 6 rings (SSSR count). The SMILES string of the molecule is O=C(CN1CCCC1Cn1ccc(-c2ccc(F)cn2)n1)c1c(-c2ccccc2)nn2c1COCC2. The van der Waals surface area contributed by atoms with Crippen LogP contribution in [0.5, 0.6) is 0 Å². The molecular formula is C27H27FN6O2. The summed E-state index contributed by atoms with van der Waals surface area (Å²) >= 11 is 0. The van der Waals surface area contributed by atoms with Gasteiger partial charge in [0.1, 0.15) is 17.2 Å². The zero-order valence-corrected chi connectivity index (χ0v) is 19.9. The Morgan fingerprint density at radius 3 is 2.78 bits per heavy atom. The van der Waals surface area contributed by atoms with Gasteiger partial charge >= 0.3 is 0 Å². The lowest BCUT2D eigenvalue weighted by atomic mass is 10.0. The van der Waals surface area contributed by atoms with Crippen molar-refractivity contribution in [3.63, 3.8) is 0 Å². The van der Waals surface area contributed by atoms with E-state index < -0.39 is 0 Å². The van der Waals surface area contributed by atoms with Gasteiger partial charge in [-0.1, -0.05) is 30.3 Å². The van der Waals surface area contributed by atoms with E-state index in [-0.39, 0.29) is 17.6 Å². The number of hydrogen-bond acceptors (Lipinski definition) is 6. The Bertz CT molecular complexity index is 1360. The molecule has 36 heavy (non-hydrogen) atoms. The Labute approximate surface area is 208 Å². The number of fused-ring (bicyclic) bond motifs is 1. The van der Waals surface area contributed by atoms with Crippen molar-refractivity contribution in [3.8, 4) is 22.6 Å². The van der Waals surface area contributed by atoms with E-state index in [2.05, 4.69) is 15.0 Å². The molecule has 1 fully saturated rings. The summed E-state index contributed by atoms with van der Waals surface area (Å²) in [6.45, 7) is 3.53. The largest absolute Gasteiger partial charge is 0.373 e. The fraction of sp³-hybridized carbons (Fsp3) is 0.333. The van der Waals surface area contributed by atoms with Crippen LogP contribution in [0.4, 0.5) is 4.39 Å². The maximum atomic E-state index is 13.7. The van der Waals surface area contributed by atoms with E-state index >= 15 is 0 Å². The summed E-state index contributed by atoms with van der Waals surface area (Å²) in [6.07, 6.45) is 5.14. The third-order valence-corrected chi connectivity index (χ3v) is 6.94. The van der Waals surface area contributed by atoms with Gasteiger partial charge in [-0.25, -0.2) is 4.39 Å². The first-order valence-corrected chi connectivity index (χ1v) is 12.3. The maximum absolute atomic E-state index is 13.7. The Balaban J connectivity index is 1.21. The fourth-order valence-corrected chi connectivity index (χ4v) is 5.16. The molecule has 0 saturated carbocycles. The summed E-state index contributed by atoms with van der Waals surface area (Å²) in [5, 5.41) is 9.43. The third kappa shape index (κ3) is 4.47. The van der Waals surface area contributed by atoms with Crippen LogP contribution in [0.1, 0.15) is 28.9 Å². The van der Waals surface area contributed by atoms with Crippen LogP contribution in [0.2, 0.25) is 0 Å². The van der Waals surface area contributed by atoms with Crippen molar-refractivity contribution < 1.29 is 13.9 Å². The van der Waals surface area contributed by atoms with Gasteiger partial charge in [-0.15, -0.1) is 0 Å². The second-order valence-electron chi connectivity index (χ2n) is 9.29. The minimum atomic E-state index is -0.369. The van der Waals surface area contributed by atoms with Gasteiger partial charge in [0.15, 0.2) is 5.78 Å². The van der Waals surface area contributed by atoms with Crippen LogP contribution >= 0.6 is 0 Å². The minimum Gasteiger partial charge on any atom is -0.373 e. The fourth-order valence-electron chi connectivity index (χ4n) is 5.16. The highest BCUT2D eigenvalue weighted by Gasteiger charge is 2.31. The molecule has 184 valence electrons. The van der Waals surface area contributed by atoms with Crippen molar-refractivity contribution in [2.75, 3.05) is 19.7 Å². The van der Waals surface area contributed by atoms with Crippen LogP contribution < -0.4 is 0 Å². The van der Waals surface area contributed by atoms with E-state index in [4.69, 9.17) is 9.84 Å². The van der Waals surface area contributed by atoms with Crippen LogP contribution in [0.15, 0.2) is 60.9 Å². The number of halogens is 1. The molecule has 5 heterocycles. The third-order valence-electron chi connectivity index (χ3n) is 6.94. The number of carbonyl (C=O) groups excluding carboxylic acids is 1. The van der Waals surface area contributed by atoms with Gasteiger partial charge in [-0.3, -0.25) is 24.0 Å². The topological polar surface area (TPSA) is 78.1 Å². The summed E-state index contributed by atoms with van der Waals surface area (Å²) in [5.41, 5.74) is 4.56. The maximum Gasteiger partial charge on any atom is 0.181 e. The summed E-state index contributed by atoms with van der Waals surface area (Å²) in [7, 11) is 0. The monoisotopic (exact) mass is 486 g/mol. The predicted octanol–water partition coefficient (Wildman–Crippen LogP) is 3.83. The summed E-state index contributed by atoms with van der Waals surface area (Å²) in [5.74, 6) is -0.296. The van der Waals surface area contributed by atoms with Crippen LogP contribution in [0, 0.1) is 5.82 Å². The number of Topliss-reactive ketones (excluding diaryl/α,β-unsaturated/α-hetero) is 1. The van der Waals surface area contributed by atoms with Crippen LogP contribution in [0.3, 0.4) is 0 Å². The Morgan fingerprint density at radius 1 is 1.06 bits per heavy atom. The number of benzene rings is 1. The molecule has 4 aromatic rings. The molecule has 1 aromatic carbocycles. The van der Waals surface area contributed by atoms with Crippen LogP contribution in [-0.4, -0.2) is 61.0 Å². The Kier molecular flexibility index (Phi) is 6.16. The molecule has 0 aliphatic carbocycles. The number of carbonyl (C=O) groups is 1. The first-order valence-electron chi connectivity index (χ1n) is 12.3. The molecule has 0 radical (unpaired) electrons. The van der Waals surface area contributed by atoms with E-state index in [9.17, 15) is 9.18 Å². The molecule has 0 N–H and O–H groups in total. The number of likely N-dealkylation sites (tertiary alicyclic amines) is 1. The molecule has 9 heteroatoms. The number of aromatic nitrogens is 5. The van der Waals surface area contributed by atoms with Crippen molar-refractivity contribution in [2.45, 2.75) is 38.6 Å². The molecular weight excluding hydrogens is 459 g/mol. The average Bonchev–Trinajstić information content (AvgIpc) is 3.64. The van der Waals surface area contributed by atoms with Crippen molar-refractivity contribution in [1.82, 2.24) is 29.4 Å². The standard InChI is InChI=1S/C27H27FN6O2/c28-20-8-9-22(29-15-20)23-10-12-33(30-23)16-21-7-4-11-32(21)17-25(35)26-24-18-36-14-13-34(24)31-27(26)19-5-2-1-3-6-19/h1-3,5-6,8-10,12,15,21H,4,7,11,13-14,16-18H2. The first-order chi connectivity index (χ1) is 17.7. The van der Waals surface area contributed by atoms with E-state index in [1.807, 2.05) is 52.0 Å². The molecule has 1 saturated heterocycles. The summed E-state index contributed by atoms with van der Waals surface area (Å²) < 4.78 is 22.7. The smallest absolute Gasteiger partial charge is 0.181 e. The average molecular weight is 487 g/mol. The summed E-state index contributed by atoms with van der Waals surface area (Å²) in [4.78, 5) is 20.1. The highest BCUT2D eigenvalue weighted by Crippen LogP contribution is 2.29. The lowest BCUT2D eigenvalue weighted by Crippen LogP contribution is -2.37. The van der Waals surface area contributed by atoms with Crippen molar-refractivity contribution in [2.24, 2.45) is 0 Å². The van der Waals surface area contributed by atoms with Gasteiger partial charge in [0, 0.05) is 17.8 Å². The Morgan fingerprint density at radius 2 is 1.94 bits per heavy atom. The van der Waals surface area contributed by atoms with Gasteiger partial charge in [-0.2, -0.15) is 10.2 Å². The van der Waals surface area contributed by atoms with E-state index in [0.29, 0.717) is 49.8 Å². The normalized spacial score (nSPS) is 17.9. The number of nitrogens with zero attached hydrogens (tertiary/aromatic N) is 6. The van der Waals surface area contributed by atoms with E-state index in [0.717, 1.165) is 36.3 Å². The van der Waals surface area contributed by atoms with Gasteiger partial charge in [0.25, 0.3) is 0 Å². The number of pyridine rings is 1. The molecule has 3 aromatic heterocycles. The van der Waals surface area contributed by atoms with E-state index in [1.54, 1.807) is 6.07 Å². The molecule has 1 atom stereocenters. The second-order valence-corrected chi connectivity index (χ2v) is 9.29. The molecule has 8 nitrogen and oxygen atoms in total. The lowest BCUT2D eigenvalue weighted by Gasteiger charge is -2.24. The Hall–Kier alpha value is -3.69. The zero-order chi connectivity index (χ0) is 24.5. The predicted molar refractivity (Wildman–Crippen MR) is 132 cm³/mol. The molecule has 0 spiro atoms. The van der Waals surface area contributed by atoms with Gasteiger partial charge in [-0.05, 0) is 37.6 Å². The van der Waals surface area contributed by atoms with Gasteiger partial charge < -0.3 is 4.74 Å². The molecule has 2 aliphatic heterocycles. The molecule has 1 unspecified atom stereocenters. The second kappa shape index (κ2) is 9.75. The van der Waals surface area contributed by atoms with Crippen molar-refractivity contribution in [1.29, 1.82) is 0 Å². The first kappa shape index (κ1) is 22.8. The number of hydrogen-bond donors (Lipinski definition) is 0. The molecule has 0 bridgehead atoms. The molecule has 2 aliphatic rings. The highest BCUT2D eigenvalue weighted by atomic mass is 19.1.